The smallest absolute Gasteiger partial charge is 0.321 e. The number of sulfonamides is 1. The van der Waals surface area contributed by atoms with Gasteiger partial charge in [0.2, 0.25) is 10.0 Å². The number of nitrogens with one attached hydrogen (secondary N) is 3. The first-order valence-corrected chi connectivity index (χ1v) is 12.1. The molecule has 3 N–H and O–H groups in total. The standard InChI is InChI=1S/C20H25N3O7S2/c1-2-29-15-5-7-17(8-6-15)32(27,28)22-12-10-19(25)30-14-18(24)23-20(26)21-11-9-16-4-3-13-31-16/h3-8,13,22H,2,9-12,14H2,1H3,(H2,21,23,24,26). The van der Waals surface area contributed by atoms with Crippen molar-refractivity contribution in [2.24, 2.45) is 0 Å². The first-order valence-electron chi connectivity index (χ1n) is 9.78. The molecule has 2 rings (SSSR count). The summed E-state index contributed by atoms with van der Waals surface area (Å²) >= 11 is 1.56. The van der Waals surface area contributed by atoms with Gasteiger partial charge in [-0.1, -0.05) is 6.07 Å². The maximum atomic E-state index is 12.2. The van der Waals surface area contributed by atoms with Gasteiger partial charge in [-0.15, -0.1) is 11.3 Å². The summed E-state index contributed by atoms with van der Waals surface area (Å²) in [6, 6.07) is 9.00. The second kappa shape index (κ2) is 12.8. The van der Waals surface area contributed by atoms with Crippen LogP contribution in [-0.2, 0) is 30.8 Å². The summed E-state index contributed by atoms with van der Waals surface area (Å²) < 4.78 is 36.7. The van der Waals surface area contributed by atoms with Crippen LogP contribution in [0.2, 0.25) is 0 Å². The van der Waals surface area contributed by atoms with Crippen molar-refractivity contribution < 1.29 is 32.3 Å². The normalized spacial score (nSPS) is 10.9. The van der Waals surface area contributed by atoms with Gasteiger partial charge < -0.3 is 14.8 Å². The molecule has 12 heteroatoms. The number of urea groups is 1. The number of carbonyl (C=O) groups is 3. The lowest BCUT2D eigenvalue weighted by molar-refractivity contribution is -0.148. The number of benzene rings is 1. The topological polar surface area (TPSA) is 140 Å². The highest BCUT2D eigenvalue weighted by Crippen LogP contribution is 2.15. The predicted molar refractivity (Wildman–Crippen MR) is 118 cm³/mol. The molecule has 0 unspecified atom stereocenters. The van der Waals surface area contributed by atoms with E-state index in [0.717, 1.165) is 4.88 Å². The second-order valence-electron chi connectivity index (χ2n) is 6.35. The van der Waals surface area contributed by atoms with Crippen molar-refractivity contribution in [1.29, 1.82) is 0 Å². The van der Waals surface area contributed by atoms with Gasteiger partial charge in [-0.25, -0.2) is 17.9 Å². The van der Waals surface area contributed by atoms with Gasteiger partial charge in [0.15, 0.2) is 6.61 Å². The van der Waals surface area contributed by atoms with Gasteiger partial charge >= 0.3 is 12.0 Å². The Morgan fingerprint density at radius 1 is 1.06 bits per heavy atom. The van der Waals surface area contributed by atoms with E-state index < -0.39 is 34.5 Å². The molecular formula is C20H25N3O7S2. The molecule has 1 aromatic heterocycles. The number of ether oxygens (including phenoxy) is 2. The molecule has 0 saturated carbocycles. The fourth-order valence-electron chi connectivity index (χ4n) is 2.43. The third-order valence-corrected chi connectivity index (χ3v) is 6.33. The van der Waals surface area contributed by atoms with E-state index in [0.29, 0.717) is 25.3 Å². The monoisotopic (exact) mass is 483 g/mol. The zero-order valence-electron chi connectivity index (χ0n) is 17.5. The molecule has 0 aliphatic heterocycles. The van der Waals surface area contributed by atoms with Gasteiger partial charge in [-0.05, 0) is 49.1 Å². The summed E-state index contributed by atoms with van der Waals surface area (Å²) in [5.74, 6) is -1.03. The van der Waals surface area contributed by atoms with Crippen molar-refractivity contribution in [2.75, 3.05) is 26.3 Å². The summed E-state index contributed by atoms with van der Waals surface area (Å²) in [7, 11) is -3.80. The van der Waals surface area contributed by atoms with E-state index in [1.165, 1.54) is 24.3 Å². The van der Waals surface area contributed by atoms with Gasteiger partial charge in [0.1, 0.15) is 5.75 Å². The van der Waals surface area contributed by atoms with E-state index in [2.05, 4.69) is 10.0 Å². The average Bonchev–Trinajstić information content (AvgIpc) is 3.26. The number of hydrogen-bond acceptors (Lipinski definition) is 8. The number of carbonyl (C=O) groups excluding carboxylic acids is 3. The van der Waals surface area contributed by atoms with Gasteiger partial charge in [0.25, 0.3) is 5.91 Å². The summed E-state index contributed by atoms with van der Waals surface area (Å²) in [6.45, 7) is 1.78. The van der Waals surface area contributed by atoms with E-state index in [-0.39, 0.29) is 17.9 Å². The van der Waals surface area contributed by atoms with Crippen molar-refractivity contribution in [3.05, 3.63) is 46.7 Å². The van der Waals surface area contributed by atoms with Crippen molar-refractivity contribution in [3.8, 4) is 5.75 Å². The highest BCUT2D eigenvalue weighted by Gasteiger charge is 2.15. The molecule has 0 radical (unpaired) electrons. The van der Waals surface area contributed by atoms with E-state index in [4.69, 9.17) is 9.47 Å². The molecular weight excluding hydrogens is 458 g/mol. The Morgan fingerprint density at radius 2 is 1.81 bits per heavy atom. The first-order chi connectivity index (χ1) is 15.3. The lowest BCUT2D eigenvalue weighted by atomic mass is 10.3. The molecule has 32 heavy (non-hydrogen) atoms. The lowest BCUT2D eigenvalue weighted by Gasteiger charge is -2.09. The van der Waals surface area contributed by atoms with Crippen LogP contribution in [0.15, 0.2) is 46.7 Å². The molecule has 0 spiro atoms. The van der Waals surface area contributed by atoms with E-state index in [1.54, 1.807) is 11.3 Å². The Labute approximate surface area is 190 Å². The zero-order valence-corrected chi connectivity index (χ0v) is 19.1. The third kappa shape index (κ3) is 9.04. The Balaban J connectivity index is 1.62. The van der Waals surface area contributed by atoms with Crippen molar-refractivity contribution >= 4 is 39.3 Å². The Hall–Kier alpha value is -2.96. The quantitative estimate of drug-likeness (QED) is 0.388. The summed E-state index contributed by atoms with van der Waals surface area (Å²) in [6.07, 6.45) is 0.359. The van der Waals surface area contributed by atoms with E-state index in [9.17, 15) is 22.8 Å². The highest BCUT2D eigenvalue weighted by molar-refractivity contribution is 7.89. The molecule has 0 saturated heterocycles. The number of thiophene rings is 1. The predicted octanol–water partition coefficient (Wildman–Crippen LogP) is 1.43. The molecule has 0 bridgehead atoms. The fourth-order valence-corrected chi connectivity index (χ4v) is 4.17. The molecule has 1 heterocycles. The van der Waals surface area contributed by atoms with Crippen molar-refractivity contribution in [3.63, 3.8) is 0 Å². The van der Waals surface area contributed by atoms with Crippen LogP contribution < -0.4 is 20.1 Å². The van der Waals surface area contributed by atoms with Crippen LogP contribution in [-0.4, -0.2) is 52.6 Å². The Kier molecular flexibility index (Phi) is 10.1. The minimum atomic E-state index is -3.80. The number of amides is 3. The fraction of sp³-hybridized carbons (Fsp3) is 0.350. The van der Waals surface area contributed by atoms with Crippen LogP contribution in [0.4, 0.5) is 4.79 Å². The number of hydrogen-bond donors (Lipinski definition) is 3. The number of imide groups is 1. The van der Waals surface area contributed by atoms with Crippen LogP contribution in [0.5, 0.6) is 5.75 Å². The molecule has 174 valence electrons. The van der Waals surface area contributed by atoms with Gasteiger partial charge in [-0.3, -0.25) is 14.9 Å². The lowest BCUT2D eigenvalue weighted by Crippen LogP contribution is -2.42. The average molecular weight is 484 g/mol. The molecule has 1 aromatic carbocycles. The second-order valence-corrected chi connectivity index (χ2v) is 9.15. The van der Waals surface area contributed by atoms with Crippen LogP contribution in [0.1, 0.15) is 18.2 Å². The van der Waals surface area contributed by atoms with Crippen molar-refractivity contribution in [1.82, 2.24) is 15.4 Å². The Bertz CT molecular complexity index is 991. The summed E-state index contributed by atoms with van der Waals surface area (Å²) in [4.78, 5) is 36.2. The van der Waals surface area contributed by atoms with Crippen LogP contribution >= 0.6 is 11.3 Å². The molecule has 0 fully saturated rings. The molecule has 0 aliphatic rings. The third-order valence-electron chi connectivity index (χ3n) is 3.92. The zero-order chi connectivity index (χ0) is 23.4. The number of esters is 1. The minimum Gasteiger partial charge on any atom is -0.494 e. The SMILES string of the molecule is CCOc1ccc(S(=O)(=O)NCCC(=O)OCC(=O)NC(=O)NCCc2cccs2)cc1. The first kappa shape index (κ1) is 25.3. The van der Waals surface area contributed by atoms with Crippen molar-refractivity contribution in [2.45, 2.75) is 24.7 Å². The maximum absolute atomic E-state index is 12.2. The minimum absolute atomic E-state index is 0.0267. The van der Waals surface area contributed by atoms with E-state index >= 15 is 0 Å². The summed E-state index contributed by atoms with van der Waals surface area (Å²) in [5, 5.41) is 6.50. The largest absolute Gasteiger partial charge is 0.494 e. The maximum Gasteiger partial charge on any atom is 0.321 e. The van der Waals surface area contributed by atoms with Crippen LogP contribution in [0.25, 0.3) is 0 Å². The Morgan fingerprint density at radius 3 is 2.47 bits per heavy atom. The van der Waals surface area contributed by atoms with Crippen LogP contribution in [0.3, 0.4) is 0 Å². The molecule has 0 atom stereocenters. The van der Waals surface area contributed by atoms with Gasteiger partial charge in [-0.2, -0.15) is 0 Å². The molecule has 0 aliphatic carbocycles. The highest BCUT2D eigenvalue weighted by atomic mass is 32.2. The van der Waals surface area contributed by atoms with Crippen LogP contribution in [0, 0.1) is 0 Å². The summed E-state index contributed by atoms with van der Waals surface area (Å²) in [5.41, 5.74) is 0. The molecule has 2 aromatic rings. The number of rotatable bonds is 12. The van der Waals surface area contributed by atoms with E-state index in [1.807, 2.05) is 29.8 Å². The van der Waals surface area contributed by atoms with Gasteiger partial charge in [0.05, 0.1) is 17.9 Å². The van der Waals surface area contributed by atoms with Gasteiger partial charge in [0, 0.05) is 18.0 Å². The molecule has 10 nitrogen and oxygen atoms in total. The molecule has 3 amide bonds.